The zero-order valence-electron chi connectivity index (χ0n) is 14.3. The molecule has 6 heteroatoms. The van der Waals surface area contributed by atoms with Crippen molar-refractivity contribution in [1.29, 1.82) is 0 Å². The largest absolute Gasteiger partial charge is 0.480 e. The summed E-state index contributed by atoms with van der Waals surface area (Å²) in [5.74, 6) is -1.33. The van der Waals surface area contributed by atoms with E-state index in [4.69, 9.17) is 0 Å². The van der Waals surface area contributed by atoms with E-state index in [1.54, 1.807) is 12.1 Å². The number of hydrogen-bond donors (Lipinski definition) is 1. The van der Waals surface area contributed by atoms with Crippen LogP contribution < -0.4 is 0 Å². The zero-order chi connectivity index (χ0) is 18.0. The highest BCUT2D eigenvalue weighted by Crippen LogP contribution is 2.48. The Kier molecular flexibility index (Phi) is 5.18. The first-order chi connectivity index (χ1) is 11.9. The van der Waals surface area contributed by atoms with Crippen molar-refractivity contribution in [2.75, 3.05) is 6.54 Å². The SMILES string of the molecule is CC1(SC(=O)c2ccccc2)CCCC1C(=O)N1CCC[C@H]1C(=O)O. The summed E-state index contributed by atoms with van der Waals surface area (Å²) in [7, 11) is 0. The van der Waals surface area contributed by atoms with E-state index in [0.717, 1.165) is 19.3 Å². The van der Waals surface area contributed by atoms with Crippen LogP contribution in [0.4, 0.5) is 0 Å². The molecular formula is C19H23NO4S. The lowest BCUT2D eigenvalue weighted by atomic mass is 9.95. The van der Waals surface area contributed by atoms with Crippen molar-refractivity contribution < 1.29 is 19.5 Å². The lowest BCUT2D eigenvalue weighted by Gasteiger charge is -2.33. The van der Waals surface area contributed by atoms with Crippen LogP contribution >= 0.6 is 11.8 Å². The molecule has 1 aromatic carbocycles. The molecule has 3 atom stereocenters. The standard InChI is InChI=1S/C19H23NO4S/c1-19(25-18(24)13-7-3-2-4-8-13)11-5-9-14(19)16(21)20-12-6-10-15(20)17(22)23/h2-4,7-8,14-15H,5-6,9-12H2,1H3,(H,22,23)/t14?,15-,19?/m0/s1. The normalized spacial score (nSPS) is 28.9. The maximum absolute atomic E-state index is 13.0. The summed E-state index contributed by atoms with van der Waals surface area (Å²) in [4.78, 5) is 38.6. The summed E-state index contributed by atoms with van der Waals surface area (Å²) in [5.41, 5.74) is 0.636. The summed E-state index contributed by atoms with van der Waals surface area (Å²) in [5, 5.41) is 9.32. The second-order valence-corrected chi connectivity index (χ2v) is 8.55. The Bertz CT molecular complexity index is 677. The molecule has 1 saturated heterocycles. The number of aliphatic carboxylic acids is 1. The van der Waals surface area contributed by atoms with Crippen molar-refractivity contribution in [3.05, 3.63) is 35.9 Å². The van der Waals surface area contributed by atoms with Gasteiger partial charge >= 0.3 is 5.97 Å². The monoisotopic (exact) mass is 361 g/mol. The fraction of sp³-hybridized carbons (Fsp3) is 0.526. The third-order valence-electron chi connectivity index (χ3n) is 5.36. The summed E-state index contributed by atoms with van der Waals surface area (Å²) in [6.45, 7) is 2.47. The van der Waals surface area contributed by atoms with Crippen LogP contribution in [0.25, 0.3) is 0 Å². The first-order valence-electron chi connectivity index (χ1n) is 8.74. The Morgan fingerprint density at radius 1 is 1.16 bits per heavy atom. The highest BCUT2D eigenvalue weighted by atomic mass is 32.2. The molecule has 2 aliphatic rings. The average Bonchev–Trinajstić information content (AvgIpc) is 3.22. The van der Waals surface area contributed by atoms with E-state index in [2.05, 4.69) is 0 Å². The quantitative estimate of drug-likeness (QED) is 0.891. The first kappa shape index (κ1) is 18.0. The minimum atomic E-state index is -0.932. The Balaban J connectivity index is 1.76. The molecule has 0 bridgehead atoms. The number of hydrogen-bond acceptors (Lipinski definition) is 4. The predicted octanol–water partition coefficient (Wildman–Crippen LogP) is 3.19. The second-order valence-electron chi connectivity index (χ2n) is 7.04. The number of thioether (sulfide) groups is 1. The molecule has 0 spiro atoms. The van der Waals surface area contributed by atoms with Gasteiger partial charge in [0.25, 0.3) is 0 Å². The highest BCUT2D eigenvalue weighted by Gasteiger charge is 2.48. The Hall–Kier alpha value is -1.82. The fourth-order valence-corrected chi connectivity index (χ4v) is 5.26. The minimum absolute atomic E-state index is 0.0287. The summed E-state index contributed by atoms with van der Waals surface area (Å²) in [6, 6.07) is 8.37. The molecule has 1 aliphatic carbocycles. The van der Waals surface area contributed by atoms with Crippen molar-refractivity contribution in [3.8, 4) is 0 Å². The van der Waals surface area contributed by atoms with Crippen LogP contribution in [0.2, 0.25) is 0 Å². The van der Waals surface area contributed by atoms with Gasteiger partial charge in [0.2, 0.25) is 11.0 Å². The van der Waals surface area contributed by atoms with Crippen molar-refractivity contribution in [3.63, 3.8) is 0 Å². The molecule has 25 heavy (non-hydrogen) atoms. The van der Waals surface area contributed by atoms with Crippen LogP contribution in [-0.4, -0.2) is 44.3 Å². The predicted molar refractivity (Wildman–Crippen MR) is 96.5 cm³/mol. The van der Waals surface area contributed by atoms with Crippen molar-refractivity contribution >= 4 is 28.8 Å². The smallest absolute Gasteiger partial charge is 0.326 e. The fourth-order valence-electron chi connectivity index (χ4n) is 3.98. The van der Waals surface area contributed by atoms with Gasteiger partial charge in [-0.25, -0.2) is 4.79 Å². The third kappa shape index (κ3) is 3.59. The number of nitrogens with zero attached hydrogens (tertiary/aromatic N) is 1. The molecule has 2 fully saturated rings. The lowest BCUT2D eigenvalue weighted by Crippen LogP contribution is -2.47. The van der Waals surface area contributed by atoms with Gasteiger partial charge in [-0.3, -0.25) is 9.59 Å². The number of carboxylic acid groups (broad SMARTS) is 1. The van der Waals surface area contributed by atoms with Crippen LogP contribution in [0.15, 0.2) is 30.3 Å². The first-order valence-corrected chi connectivity index (χ1v) is 9.56. The number of carbonyl (C=O) groups is 3. The summed E-state index contributed by atoms with van der Waals surface area (Å²) in [6.07, 6.45) is 3.63. The second kappa shape index (κ2) is 7.20. The van der Waals surface area contributed by atoms with Gasteiger partial charge in [0, 0.05) is 16.9 Å². The van der Waals surface area contributed by atoms with Gasteiger partial charge < -0.3 is 10.0 Å². The van der Waals surface area contributed by atoms with Gasteiger partial charge in [0.05, 0.1) is 5.92 Å². The number of likely N-dealkylation sites (tertiary alicyclic amines) is 1. The number of rotatable bonds is 4. The molecule has 1 aliphatic heterocycles. The average molecular weight is 361 g/mol. The van der Waals surface area contributed by atoms with Crippen molar-refractivity contribution in [2.24, 2.45) is 5.92 Å². The van der Waals surface area contributed by atoms with Gasteiger partial charge in [0.1, 0.15) is 6.04 Å². The molecular weight excluding hydrogens is 338 g/mol. The number of amides is 1. The maximum atomic E-state index is 13.0. The van der Waals surface area contributed by atoms with Gasteiger partial charge in [-0.2, -0.15) is 0 Å². The van der Waals surface area contributed by atoms with E-state index in [9.17, 15) is 19.5 Å². The number of benzene rings is 1. The molecule has 1 heterocycles. The maximum Gasteiger partial charge on any atom is 0.326 e. The Morgan fingerprint density at radius 3 is 2.56 bits per heavy atom. The molecule has 134 valence electrons. The van der Waals surface area contributed by atoms with E-state index in [1.165, 1.54) is 16.7 Å². The van der Waals surface area contributed by atoms with E-state index in [-0.39, 0.29) is 16.9 Å². The molecule has 2 unspecified atom stereocenters. The molecule has 1 amide bonds. The molecule has 1 aromatic rings. The van der Waals surface area contributed by atoms with Gasteiger partial charge in [0.15, 0.2) is 0 Å². The van der Waals surface area contributed by atoms with Crippen molar-refractivity contribution in [2.45, 2.75) is 49.8 Å². The lowest BCUT2D eigenvalue weighted by molar-refractivity contribution is -0.150. The topological polar surface area (TPSA) is 74.7 Å². The third-order valence-corrected chi connectivity index (χ3v) is 6.73. The minimum Gasteiger partial charge on any atom is -0.480 e. The molecule has 0 aromatic heterocycles. The molecule has 5 nitrogen and oxygen atoms in total. The van der Waals surface area contributed by atoms with Crippen LogP contribution in [0.1, 0.15) is 49.4 Å². The zero-order valence-corrected chi connectivity index (χ0v) is 15.1. The van der Waals surface area contributed by atoms with Crippen LogP contribution in [0, 0.1) is 5.92 Å². The van der Waals surface area contributed by atoms with Crippen LogP contribution in [-0.2, 0) is 9.59 Å². The van der Waals surface area contributed by atoms with Gasteiger partial charge in [-0.1, -0.05) is 48.5 Å². The Labute approximate surface area is 151 Å². The molecule has 1 N–H and O–H groups in total. The number of carbonyl (C=O) groups excluding carboxylic acids is 2. The van der Waals surface area contributed by atoms with Crippen molar-refractivity contribution in [1.82, 2.24) is 4.90 Å². The highest BCUT2D eigenvalue weighted by molar-refractivity contribution is 8.15. The van der Waals surface area contributed by atoms with E-state index < -0.39 is 16.8 Å². The molecule has 1 saturated carbocycles. The van der Waals surface area contributed by atoms with E-state index in [0.29, 0.717) is 24.9 Å². The number of carboxylic acids is 1. The van der Waals surface area contributed by atoms with E-state index in [1.807, 2.05) is 25.1 Å². The van der Waals surface area contributed by atoms with Gasteiger partial charge in [-0.15, -0.1) is 0 Å². The van der Waals surface area contributed by atoms with Crippen LogP contribution in [0.3, 0.4) is 0 Å². The molecule has 3 rings (SSSR count). The Morgan fingerprint density at radius 2 is 1.88 bits per heavy atom. The summed E-state index contributed by atoms with van der Waals surface area (Å²) < 4.78 is -0.477. The van der Waals surface area contributed by atoms with Crippen LogP contribution in [0.5, 0.6) is 0 Å². The molecule has 0 radical (unpaired) electrons. The van der Waals surface area contributed by atoms with Gasteiger partial charge in [-0.05, 0) is 32.6 Å². The van der Waals surface area contributed by atoms with E-state index >= 15 is 0 Å². The summed E-state index contributed by atoms with van der Waals surface area (Å²) >= 11 is 1.23.